The Labute approximate surface area is 116 Å². The third-order valence-electron chi connectivity index (χ3n) is 3.55. The van der Waals surface area contributed by atoms with E-state index in [1.54, 1.807) is 0 Å². The SMILES string of the molecule is CCCCOc1ccc(CNN2CCCCC2)cc1. The summed E-state index contributed by atoms with van der Waals surface area (Å²) in [6, 6.07) is 8.45. The lowest BCUT2D eigenvalue weighted by Crippen LogP contribution is -2.41. The summed E-state index contributed by atoms with van der Waals surface area (Å²) in [6.07, 6.45) is 6.31. The highest BCUT2D eigenvalue weighted by Crippen LogP contribution is 2.13. The van der Waals surface area contributed by atoms with Crippen molar-refractivity contribution < 1.29 is 4.74 Å². The molecule has 1 fully saturated rings. The molecule has 1 aromatic rings. The van der Waals surface area contributed by atoms with Crippen LogP contribution in [0.1, 0.15) is 44.6 Å². The lowest BCUT2D eigenvalue weighted by Gasteiger charge is -2.27. The van der Waals surface area contributed by atoms with Gasteiger partial charge in [-0.25, -0.2) is 5.01 Å². The molecule has 106 valence electrons. The first-order valence-electron chi connectivity index (χ1n) is 7.58. The van der Waals surface area contributed by atoms with Crippen molar-refractivity contribution in [3.8, 4) is 5.75 Å². The molecule has 1 N–H and O–H groups in total. The summed E-state index contributed by atoms with van der Waals surface area (Å²) in [5.41, 5.74) is 4.82. The minimum absolute atomic E-state index is 0.821. The second-order valence-corrected chi connectivity index (χ2v) is 5.23. The number of nitrogens with one attached hydrogen (secondary N) is 1. The van der Waals surface area contributed by atoms with Crippen molar-refractivity contribution >= 4 is 0 Å². The van der Waals surface area contributed by atoms with E-state index in [4.69, 9.17) is 4.74 Å². The van der Waals surface area contributed by atoms with Gasteiger partial charge >= 0.3 is 0 Å². The van der Waals surface area contributed by atoms with Crippen LogP contribution < -0.4 is 10.2 Å². The molecule has 0 aliphatic carbocycles. The van der Waals surface area contributed by atoms with Crippen LogP contribution in [0.5, 0.6) is 5.75 Å². The lowest BCUT2D eigenvalue weighted by molar-refractivity contribution is 0.151. The molecule has 1 saturated heterocycles. The molecule has 0 spiro atoms. The number of hydrazine groups is 1. The van der Waals surface area contributed by atoms with E-state index in [0.29, 0.717) is 0 Å². The quantitative estimate of drug-likeness (QED) is 0.763. The van der Waals surface area contributed by atoms with Crippen molar-refractivity contribution in [3.05, 3.63) is 29.8 Å². The predicted molar refractivity (Wildman–Crippen MR) is 79.1 cm³/mol. The van der Waals surface area contributed by atoms with Crippen LogP contribution in [0.25, 0.3) is 0 Å². The Bertz CT molecular complexity index is 344. The van der Waals surface area contributed by atoms with E-state index in [1.807, 2.05) is 0 Å². The van der Waals surface area contributed by atoms with Gasteiger partial charge in [0.1, 0.15) is 5.75 Å². The van der Waals surface area contributed by atoms with Crippen LogP contribution in [0.4, 0.5) is 0 Å². The Morgan fingerprint density at radius 2 is 1.84 bits per heavy atom. The summed E-state index contributed by atoms with van der Waals surface area (Å²) >= 11 is 0. The maximum atomic E-state index is 5.67. The Morgan fingerprint density at radius 3 is 2.53 bits per heavy atom. The molecule has 0 aromatic heterocycles. The zero-order chi connectivity index (χ0) is 13.3. The summed E-state index contributed by atoms with van der Waals surface area (Å²) < 4.78 is 5.67. The number of ether oxygens (including phenoxy) is 1. The second-order valence-electron chi connectivity index (χ2n) is 5.23. The fourth-order valence-electron chi connectivity index (χ4n) is 2.29. The molecular formula is C16H26N2O. The molecule has 3 heteroatoms. The smallest absolute Gasteiger partial charge is 0.119 e. The van der Waals surface area contributed by atoms with Crippen molar-refractivity contribution in [2.45, 2.75) is 45.6 Å². The highest BCUT2D eigenvalue weighted by atomic mass is 16.5. The summed E-state index contributed by atoms with van der Waals surface area (Å²) in [5.74, 6) is 0.982. The summed E-state index contributed by atoms with van der Waals surface area (Å²) in [7, 11) is 0. The van der Waals surface area contributed by atoms with Crippen molar-refractivity contribution in [2.75, 3.05) is 19.7 Å². The van der Waals surface area contributed by atoms with Crippen LogP contribution in [-0.4, -0.2) is 24.7 Å². The molecule has 3 nitrogen and oxygen atoms in total. The fourth-order valence-corrected chi connectivity index (χ4v) is 2.29. The van der Waals surface area contributed by atoms with E-state index in [-0.39, 0.29) is 0 Å². The number of unbranched alkanes of at least 4 members (excludes halogenated alkanes) is 1. The molecular weight excluding hydrogens is 236 g/mol. The van der Waals surface area contributed by atoms with Gasteiger partial charge in [-0.3, -0.25) is 5.43 Å². The molecule has 0 radical (unpaired) electrons. The molecule has 1 aliphatic rings. The van der Waals surface area contributed by atoms with Crippen molar-refractivity contribution in [3.63, 3.8) is 0 Å². The fraction of sp³-hybridized carbons (Fsp3) is 0.625. The largest absolute Gasteiger partial charge is 0.494 e. The summed E-state index contributed by atoms with van der Waals surface area (Å²) in [5, 5.41) is 2.34. The number of benzene rings is 1. The highest BCUT2D eigenvalue weighted by molar-refractivity contribution is 5.27. The molecule has 1 heterocycles. The molecule has 1 aromatic carbocycles. The summed E-state index contributed by atoms with van der Waals surface area (Å²) in [6.45, 7) is 6.27. The third kappa shape index (κ3) is 5.21. The van der Waals surface area contributed by atoms with Crippen LogP contribution in [0.15, 0.2) is 24.3 Å². The first-order chi connectivity index (χ1) is 9.38. The van der Waals surface area contributed by atoms with Gasteiger partial charge in [0.25, 0.3) is 0 Å². The second kappa shape index (κ2) is 8.18. The molecule has 0 unspecified atom stereocenters. The number of hydrogen-bond donors (Lipinski definition) is 1. The lowest BCUT2D eigenvalue weighted by atomic mass is 10.2. The average molecular weight is 262 g/mol. The Balaban J connectivity index is 1.71. The van der Waals surface area contributed by atoms with E-state index >= 15 is 0 Å². The summed E-state index contributed by atoms with van der Waals surface area (Å²) in [4.78, 5) is 0. The van der Waals surface area contributed by atoms with Gasteiger partial charge in [0.05, 0.1) is 6.61 Å². The van der Waals surface area contributed by atoms with Crippen LogP contribution in [0, 0.1) is 0 Å². The first kappa shape index (κ1) is 14.4. The average Bonchev–Trinajstić information content (AvgIpc) is 2.48. The normalized spacial score (nSPS) is 16.5. The van der Waals surface area contributed by atoms with Gasteiger partial charge in [-0.15, -0.1) is 0 Å². The van der Waals surface area contributed by atoms with E-state index < -0.39 is 0 Å². The Morgan fingerprint density at radius 1 is 1.11 bits per heavy atom. The van der Waals surface area contributed by atoms with E-state index in [2.05, 4.69) is 41.6 Å². The topological polar surface area (TPSA) is 24.5 Å². The monoisotopic (exact) mass is 262 g/mol. The number of hydrogen-bond acceptors (Lipinski definition) is 3. The molecule has 2 rings (SSSR count). The van der Waals surface area contributed by atoms with Gasteiger partial charge < -0.3 is 4.74 Å². The maximum absolute atomic E-state index is 5.67. The van der Waals surface area contributed by atoms with E-state index in [0.717, 1.165) is 25.3 Å². The van der Waals surface area contributed by atoms with Gasteiger partial charge in [0.2, 0.25) is 0 Å². The Kier molecular flexibility index (Phi) is 6.18. The van der Waals surface area contributed by atoms with Gasteiger partial charge in [-0.2, -0.15) is 0 Å². The van der Waals surface area contributed by atoms with Crippen LogP contribution in [0.3, 0.4) is 0 Å². The van der Waals surface area contributed by atoms with Crippen LogP contribution in [-0.2, 0) is 6.54 Å². The van der Waals surface area contributed by atoms with E-state index in [9.17, 15) is 0 Å². The molecule has 0 atom stereocenters. The number of nitrogens with zero attached hydrogens (tertiary/aromatic N) is 1. The molecule has 19 heavy (non-hydrogen) atoms. The third-order valence-corrected chi connectivity index (χ3v) is 3.55. The zero-order valence-corrected chi connectivity index (χ0v) is 12.0. The van der Waals surface area contributed by atoms with Gasteiger partial charge in [0, 0.05) is 19.6 Å². The van der Waals surface area contributed by atoms with Crippen molar-refractivity contribution in [1.29, 1.82) is 0 Å². The number of piperidine rings is 1. The molecule has 0 saturated carbocycles. The minimum Gasteiger partial charge on any atom is -0.494 e. The van der Waals surface area contributed by atoms with Crippen molar-refractivity contribution in [2.24, 2.45) is 0 Å². The highest BCUT2D eigenvalue weighted by Gasteiger charge is 2.08. The van der Waals surface area contributed by atoms with Crippen LogP contribution in [0.2, 0.25) is 0 Å². The van der Waals surface area contributed by atoms with Gasteiger partial charge in [0.15, 0.2) is 0 Å². The van der Waals surface area contributed by atoms with Crippen molar-refractivity contribution in [1.82, 2.24) is 10.4 Å². The maximum Gasteiger partial charge on any atom is 0.119 e. The predicted octanol–water partition coefficient (Wildman–Crippen LogP) is 3.36. The zero-order valence-electron chi connectivity index (χ0n) is 12.0. The molecule has 1 aliphatic heterocycles. The number of rotatable bonds is 7. The minimum atomic E-state index is 0.821. The Hall–Kier alpha value is -1.06. The molecule has 0 bridgehead atoms. The molecule has 0 amide bonds. The van der Waals surface area contributed by atoms with E-state index in [1.165, 1.54) is 44.3 Å². The van der Waals surface area contributed by atoms with Gasteiger partial charge in [-0.05, 0) is 37.0 Å². The van der Waals surface area contributed by atoms with Crippen LogP contribution >= 0.6 is 0 Å². The van der Waals surface area contributed by atoms with Gasteiger partial charge in [-0.1, -0.05) is 31.9 Å². The first-order valence-corrected chi connectivity index (χ1v) is 7.58. The standard InChI is InChI=1S/C16H26N2O/c1-2-3-13-19-16-9-7-15(8-10-16)14-17-18-11-5-4-6-12-18/h7-10,17H,2-6,11-14H2,1H3.